The van der Waals surface area contributed by atoms with E-state index in [0.29, 0.717) is 17.5 Å². The second kappa shape index (κ2) is 8.62. The van der Waals surface area contributed by atoms with Crippen molar-refractivity contribution in [3.63, 3.8) is 0 Å². The minimum Gasteiger partial charge on any atom is -0.505 e. The number of carbonyl (C=O) groups excluding carboxylic acids is 1. The summed E-state index contributed by atoms with van der Waals surface area (Å²) < 4.78 is 13.4. The van der Waals surface area contributed by atoms with Gasteiger partial charge in [0.1, 0.15) is 0 Å². The molecule has 24 heavy (non-hydrogen) atoms. The molecule has 1 atom stereocenters. The summed E-state index contributed by atoms with van der Waals surface area (Å²) in [5.41, 5.74) is 2.20. The van der Waals surface area contributed by atoms with E-state index in [1.165, 1.54) is 25.0 Å². The number of carbonyl (C=O) groups is 1. The summed E-state index contributed by atoms with van der Waals surface area (Å²) in [4.78, 5) is 12.2. The van der Waals surface area contributed by atoms with Crippen molar-refractivity contribution in [2.45, 2.75) is 46.0 Å². The van der Waals surface area contributed by atoms with E-state index in [-0.39, 0.29) is 11.5 Å². The van der Waals surface area contributed by atoms with Crippen LogP contribution in [-0.2, 0) is 0 Å². The number of benzene rings is 2. The molecule has 0 saturated heterocycles. The van der Waals surface area contributed by atoms with E-state index in [1.54, 1.807) is 18.2 Å². The Hall–Kier alpha value is -2.16. The minimum absolute atomic E-state index is 0.155. The number of hydrogen-bond acceptors (Lipinski definition) is 2. The molecule has 0 aliphatic heterocycles. The van der Waals surface area contributed by atoms with Crippen LogP contribution in [-0.4, -0.2) is 10.9 Å². The maximum atomic E-state index is 13.4. The summed E-state index contributed by atoms with van der Waals surface area (Å²) in [5, 5.41) is 9.24. The molecule has 0 aliphatic rings. The SMILES string of the molecule is CCC(C)CCCCC(=O)c1ccc(-c2ccc(O)c(F)c2)cc1. The number of unbranched alkanes of at least 4 members (excludes halogenated alkanes) is 1. The Bertz CT molecular complexity index is 677. The van der Waals surface area contributed by atoms with Crippen LogP contribution >= 0.6 is 0 Å². The van der Waals surface area contributed by atoms with Gasteiger partial charge in [0.15, 0.2) is 17.3 Å². The van der Waals surface area contributed by atoms with Crippen molar-refractivity contribution >= 4 is 5.78 Å². The fourth-order valence-electron chi connectivity index (χ4n) is 2.66. The van der Waals surface area contributed by atoms with Gasteiger partial charge in [-0.25, -0.2) is 4.39 Å². The van der Waals surface area contributed by atoms with Gasteiger partial charge in [0.05, 0.1) is 0 Å². The maximum absolute atomic E-state index is 13.4. The predicted octanol–water partition coefficient (Wildman–Crippen LogP) is 5.99. The van der Waals surface area contributed by atoms with Gasteiger partial charge in [0.25, 0.3) is 0 Å². The molecule has 0 bridgehead atoms. The summed E-state index contributed by atoms with van der Waals surface area (Å²) in [6, 6.07) is 11.5. The fourth-order valence-corrected chi connectivity index (χ4v) is 2.66. The summed E-state index contributed by atoms with van der Waals surface area (Å²) >= 11 is 0. The van der Waals surface area contributed by atoms with E-state index >= 15 is 0 Å². The third-order valence-corrected chi connectivity index (χ3v) is 4.54. The standard InChI is InChI=1S/C21H25FO2/c1-3-15(2)6-4-5-7-20(23)17-10-8-16(9-11-17)18-12-13-21(24)19(22)14-18/h8-15,24H,3-7H2,1-2H3. The zero-order valence-corrected chi connectivity index (χ0v) is 14.4. The van der Waals surface area contributed by atoms with Gasteiger partial charge in [-0.2, -0.15) is 0 Å². The maximum Gasteiger partial charge on any atom is 0.165 e. The quantitative estimate of drug-likeness (QED) is 0.477. The zero-order chi connectivity index (χ0) is 17.5. The van der Waals surface area contributed by atoms with E-state index in [1.807, 2.05) is 12.1 Å². The van der Waals surface area contributed by atoms with E-state index in [9.17, 15) is 14.3 Å². The van der Waals surface area contributed by atoms with Crippen LogP contribution in [0.15, 0.2) is 42.5 Å². The monoisotopic (exact) mass is 328 g/mol. The number of aromatic hydroxyl groups is 1. The van der Waals surface area contributed by atoms with Crippen molar-refractivity contribution in [2.75, 3.05) is 0 Å². The summed E-state index contributed by atoms with van der Waals surface area (Å²) in [7, 11) is 0. The average Bonchev–Trinajstić information content (AvgIpc) is 2.60. The molecule has 2 rings (SSSR count). The first kappa shape index (κ1) is 18.2. The number of ketones is 1. The van der Waals surface area contributed by atoms with Crippen LogP contribution in [0, 0.1) is 11.7 Å². The molecule has 2 aromatic carbocycles. The van der Waals surface area contributed by atoms with Gasteiger partial charge < -0.3 is 5.11 Å². The highest BCUT2D eigenvalue weighted by Crippen LogP contribution is 2.25. The van der Waals surface area contributed by atoms with Crippen LogP contribution in [0.3, 0.4) is 0 Å². The Kier molecular flexibility index (Phi) is 6.53. The van der Waals surface area contributed by atoms with E-state index < -0.39 is 5.82 Å². The van der Waals surface area contributed by atoms with Crippen LogP contribution < -0.4 is 0 Å². The lowest BCUT2D eigenvalue weighted by atomic mass is 9.97. The van der Waals surface area contributed by atoms with Gasteiger partial charge in [0, 0.05) is 12.0 Å². The van der Waals surface area contributed by atoms with Crippen molar-refractivity contribution in [1.82, 2.24) is 0 Å². The normalized spacial score (nSPS) is 12.1. The van der Waals surface area contributed by atoms with Gasteiger partial charge in [-0.3, -0.25) is 4.79 Å². The third kappa shape index (κ3) is 4.92. The Balaban J connectivity index is 1.93. The zero-order valence-electron chi connectivity index (χ0n) is 14.4. The number of rotatable bonds is 8. The summed E-state index contributed by atoms with van der Waals surface area (Å²) in [5.74, 6) is -0.121. The number of Topliss-reactive ketones (excluding diaryl/α,β-unsaturated/α-hetero) is 1. The van der Waals surface area contributed by atoms with Crippen molar-refractivity contribution in [3.05, 3.63) is 53.8 Å². The molecule has 1 unspecified atom stereocenters. The molecular formula is C21H25FO2. The molecule has 0 saturated carbocycles. The molecule has 2 nitrogen and oxygen atoms in total. The Labute approximate surface area is 143 Å². The van der Waals surface area contributed by atoms with E-state index in [0.717, 1.165) is 24.3 Å². The molecule has 2 aromatic rings. The predicted molar refractivity (Wildman–Crippen MR) is 95.8 cm³/mol. The molecular weight excluding hydrogens is 303 g/mol. The lowest BCUT2D eigenvalue weighted by Gasteiger charge is -2.08. The number of phenols is 1. The highest BCUT2D eigenvalue weighted by Gasteiger charge is 2.08. The van der Waals surface area contributed by atoms with Crippen LogP contribution in [0.1, 0.15) is 56.3 Å². The largest absolute Gasteiger partial charge is 0.505 e. The average molecular weight is 328 g/mol. The van der Waals surface area contributed by atoms with Crippen molar-refractivity contribution in [1.29, 1.82) is 0 Å². The lowest BCUT2D eigenvalue weighted by molar-refractivity contribution is 0.0978. The van der Waals surface area contributed by atoms with Crippen molar-refractivity contribution in [3.8, 4) is 16.9 Å². The topological polar surface area (TPSA) is 37.3 Å². The van der Waals surface area contributed by atoms with Crippen LogP contribution in [0.2, 0.25) is 0 Å². The minimum atomic E-state index is -0.644. The Morgan fingerprint density at radius 2 is 1.75 bits per heavy atom. The van der Waals surface area contributed by atoms with E-state index in [2.05, 4.69) is 13.8 Å². The lowest BCUT2D eigenvalue weighted by Crippen LogP contribution is -2.00. The van der Waals surface area contributed by atoms with Gasteiger partial charge in [0.2, 0.25) is 0 Å². The fraction of sp³-hybridized carbons (Fsp3) is 0.381. The first-order chi connectivity index (χ1) is 11.5. The molecule has 0 amide bonds. The number of halogens is 1. The van der Waals surface area contributed by atoms with Gasteiger partial charge in [-0.15, -0.1) is 0 Å². The van der Waals surface area contributed by atoms with Crippen molar-refractivity contribution < 1.29 is 14.3 Å². The third-order valence-electron chi connectivity index (χ3n) is 4.54. The van der Waals surface area contributed by atoms with Gasteiger partial charge >= 0.3 is 0 Å². The van der Waals surface area contributed by atoms with Crippen LogP contribution in [0.25, 0.3) is 11.1 Å². The van der Waals surface area contributed by atoms with Crippen molar-refractivity contribution in [2.24, 2.45) is 5.92 Å². The highest BCUT2D eigenvalue weighted by molar-refractivity contribution is 5.96. The molecule has 0 aliphatic carbocycles. The highest BCUT2D eigenvalue weighted by atomic mass is 19.1. The Morgan fingerprint density at radius 1 is 1.08 bits per heavy atom. The molecule has 0 aromatic heterocycles. The van der Waals surface area contributed by atoms with Crippen LogP contribution in [0.5, 0.6) is 5.75 Å². The smallest absolute Gasteiger partial charge is 0.165 e. The molecule has 0 spiro atoms. The molecule has 0 radical (unpaired) electrons. The molecule has 128 valence electrons. The summed E-state index contributed by atoms with van der Waals surface area (Å²) in [6.07, 6.45) is 4.95. The molecule has 1 N–H and O–H groups in total. The van der Waals surface area contributed by atoms with Gasteiger partial charge in [-0.1, -0.05) is 63.4 Å². The van der Waals surface area contributed by atoms with Gasteiger partial charge in [-0.05, 0) is 35.6 Å². The van der Waals surface area contributed by atoms with Crippen LogP contribution in [0.4, 0.5) is 4.39 Å². The van der Waals surface area contributed by atoms with E-state index in [4.69, 9.17) is 0 Å². The number of phenolic OH excluding ortho intramolecular Hbond substituents is 1. The first-order valence-corrected chi connectivity index (χ1v) is 8.63. The second-order valence-electron chi connectivity index (χ2n) is 6.43. The summed E-state index contributed by atoms with van der Waals surface area (Å²) in [6.45, 7) is 4.43. The molecule has 0 fully saturated rings. The number of hydrogen-bond donors (Lipinski definition) is 1. The first-order valence-electron chi connectivity index (χ1n) is 8.63. The Morgan fingerprint density at radius 3 is 2.38 bits per heavy atom. The molecule has 3 heteroatoms. The second-order valence-corrected chi connectivity index (χ2v) is 6.43. The molecule has 0 heterocycles.